The Labute approximate surface area is 196 Å². The van der Waals surface area contributed by atoms with Crippen molar-refractivity contribution in [2.75, 3.05) is 10.6 Å². The minimum Gasteiger partial charge on any atom is -0.477 e. The number of hydrogen-bond donors (Lipinski definition) is 3. The molecule has 0 spiro atoms. The Morgan fingerprint density at radius 3 is 2.68 bits per heavy atom. The summed E-state index contributed by atoms with van der Waals surface area (Å²) >= 11 is 0. The average Bonchev–Trinajstić information content (AvgIpc) is 2.98. The highest BCUT2D eigenvalue weighted by Crippen LogP contribution is 2.41. The van der Waals surface area contributed by atoms with Gasteiger partial charge in [0.25, 0.3) is 0 Å². The topological polar surface area (TPSA) is 104 Å². The summed E-state index contributed by atoms with van der Waals surface area (Å²) in [5.41, 5.74) is 6.37. The summed E-state index contributed by atoms with van der Waals surface area (Å²) in [6.07, 6.45) is 4.62. The number of benzene rings is 2. The van der Waals surface area contributed by atoms with Crippen molar-refractivity contribution in [1.82, 2.24) is 9.97 Å². The first kappa shape index (κ1) is 21.6. The number of carboxylic acid groups (broad SMARTS) is 1. The van der Waals surface area contributed by atoms with E-state index in [1.807, 2.05) is 37.4 Å². The van der Waals surface area contributed by atoms with Gasteiger partial charge >= 0.3 is 5.97 Å². The number of aryl methyl sites for hydroxylation is 1. The third-order valence-electron chi connectivity index (χ3n) is 6.10. The molecule has 0 fully saturated rings. The van der Waals surface area contributed by atoms with Crippen molar-refractivity contribution in [3.05, 3.63) is 72.2 Å². The van der Waals surface area contributed by atoms with Gasteiger partial charge in [0.2, 0.25) is 5.91 Å². The molecule has 1 amide bonds. The fourth-order valence-electron chi connectivity index (χ4n) is 4.39. The maximum atomic E-state index is 12.3. The Morgan fingerprint density at radius 2 is 1.94 bits per heavy atom. The molecule has 0 aliphatic carbocycles. The number of anilines is 2. The molecule has 2 aromatic carbocycles. The lowest BCUT2D eigenvalue weighted by molar-refractivity contribution is -0.116. The number of carbonyl (C=O) groups is 2. The largest absolute Gasteiger partial charge is 0.477 e. The van der Waals surface area contributed by atoms with Crippen molar-refractivity contribution in [2.24, 2.45) is 0 Å². The first-order chi connectivity index (χ1) is 16.4. The predicted molar refractivity (Wildman–Crippen MR) is 133 cm³/mol. The molecule has 0 radical (unpaired) electrons. The number of nitrogens with one attached hydrogen (secondary N) is 2. The fraction of sp³-hybridized carbons (Fsp3) is 0.185. The van der Waals surface area contributed by atoms with E-state index in [9.17, 15) is 9.59 Å². The van der Waals surface area contributed by atoms with Gasteiger partial charge in [0.1, 0.15) is 5.69 Å². The lowest BCUT2D eigenvalue weighted by atomic mass is 9.94. The molecule has 1 atom stereocenters. The van der Waals surface area contributed by atoms with Crippen LogP contribution >= 0.6 is 0 Å². The molecular weight excluding hydrogens is 428 g/mol. The van der Waals surface area contributed by atoms with E-state index in [4.69, 9.17) is 5.11 Å². The third kappa shape index (κ3) is 3.96. The molecule has 34 heavy (non-hydrogen) atoms. The van der Waals surface area contributed by atoms with E-state index in [0.717, 1.165) is 50.8 Å². The molecular formula is C27H24N4O3. The van der Waals surface area contributed by atoms with Crippen molar-refractivity contribution in [3.8, 4) is 22.4 Å². The van der Waals surface area contributed by atoms with Crippen molar-refractivity contribution < 1.29 is 14.7 Å². The summed E-state index contributed by atoms with van der Waals surface area (Å²) in [5.74, 6) is -1.06. The second kappa shape index (κ2) is 8.59. The standard InChI is InChI=1S/C27H24N4O3/c1-3-16-10-20(26-24(11-16)31-25(32)9-15(2)30-26)19-6-4-5-17-12-23(29-14-21(17)19)18-7-8-22(27(33)34)28-13-18/h4-8,10-15,30H,3,9H2,1-2H3,(H,31,32)(H,33,34)/t15-/m1/s1. The lowest BCUT2D eigenvalue weighted by Crippen LogP contribution is -2.19. The number of amides is 1. The first-order valence-electron chi connectivity index (χ1n) is 11.2. The molecule has 5 rings (SSSR count). The van der Waals surface area contributed by atoms with Crippen molar-refractivity contribution in [2.45, 2.75) is 32.7 Å². The van der Waals surface area contributed by atoms with Crippen LogP contribution in [0.25, 0.3) is 33.2 Å². The van der Waals surface area contributed by atoms with Gasteiger partial charge in [-0.25, -0.2) is 9.78 Å². The number of carboxylic acids is 1. The van der Waals surface area contributed by atoms with E-state index in [1.54, 1.807) is 6.07 Å². The Kier molecular flexibility index (Phi) is 5.45. The van der Waals surface area contributed by atoms with Crippen molar-refractivity contribution in [3.63, 3.8) is 0 Å². The summed E-state index contributed by atoms with van der Waals surface area (Å²) in [6, 6.07) is 15.5. The van der Waals surface area contributed by atoms with Crippen LogP contribution in [0.3, 0.4) is 0 Å². The second-order valence-electron chi connectivity index (χ2n) is 8.55. The van der Waals surface area contributed by atoms with Crippen LogP contribution in [0.15, 0.2) is 60.9 Å². The van der Waals surface area contributed by atoms with Gasteiger partial charge in [-0.1, -0.05) is 25.1 Å². The maximum absolute atomic E-state index is 12.3. The normalized spacial score (nSPS) is 15.2. The number of hydrogen-bond acceptors (Lipinski definition) is 5. The summed E-state index contributed by atoms with van der Waals surface area (Å²) in [6.45, 7) is 4.10. The van der Waals surface area contributed by atoms with E-state index in [0.29, 0.717) is 12.1 Å². The molecule has 170 valence electrons. The highest BCUT2D eigenvalue weighted by atomic mass is 16.4. The number of aromatic nitrogens is 2. The monoisotopic (exact) mass is 452 g/mol. The summed E-state index contributed by atoms with van der Waals surface area (Å²) in [4.78, 5) is 32.1. The SMILES string of the molecule is CCc1cc2c(c(-c3cccc4cc(-c5ccc(C(=O)O)nc5)ncc34)c1)N[C@H](C)CC(=O)N2. The van der Waals surface area contributed by atoms with Crippen molar-refractivity contribution in [1.29, 1.82) is 0 Å². The van der Waals surface area contributed by atoms with Crippen LogP contribution in [-0.4, -0.2) is 33.0 Å². The number of fused-ring (bicyclic) bond motifs is 2. The van der Waals surface area contributed by atoms with Crippen LogP contribution in [0.5, 0.6) is 0 Å². The van der Waals surface area contributed by atoms with E-state index in [1.165, 1.54) is 12.3 Å². The van der Waals surface area contributed by atoms with Crippen LogP contribution in [0.4, 0.5) is 11.4 Å². The number of carbonyl (C=O) groups excluding carboxylic acids is 1. The van der Waals surface area contributed by atoms with E-state index in [-0.39, 0.29) is 17.6 Å². The van der Waals surface area contributed by atoms with E-state index < -0.39 is 5.97 Å². The molecule has 3 N–H and O–H groups in total. The van der Waals surface area contributed by atoms with E-state index in [2.05, 4.69) is 39.7 Å². The Hall–Kier alpha value is -4.26. The number of aromatic carboxylic acids is 1. The fourth-order valence-corrected chi connectivity index (χ4v) is 4.39. The Morgan fingerprint density at radius 1 is 1.09 bits per heavy atom. The smallest absolute Gasteiger partial charge is 0.354 e. The predicted octanol–water partition coefficient (Wildman–Crippen LogP) is 5.37. The zero-order chi connectivity index (χ0) is 23.8. The third-order valence-corrected chi connectivity index (χ3v) is 6.10. The van der Waals surface area contributed by atoms with Crippen LogP contribution in [0.2, 0.25) is 0 Å². The molecule has 7 heteroatoms. The highest BCUT2D eigenvalue weighted by Gasteiger charge is 2.22. The minimum atomic E-state index is -1.06. The second-order valence-corrected chi connectivity index (χ2v) is 8.55. The van der Waals surface area contributed by atoms with Crippen LogP contribution < -0.4 is 10.6 Å². The molecule has 3 heterocycles. The average molecular weight is 453 g/mol. The Bertz CT molecular complexity index is 1430. The quantitative estimate of drug-likeness (QED) is 0.385. The zero-order valence-electron chi connectivity index (χ0n) is 18.9. The van der Waals surface area contributed by atoms with Gasteiger partial charge in [0.15, 0.2) is 0 Å². The zero-order valence-corrected chi connectivity index (χ0v) is 18.9. The van der Waals surface area contributed by atoms with Gasteiger partial charge in [-0.05, 0) is 60.2 Å². The van der Waals surface area contributed by atoms with Crippen molar-refractivity contribution >= 4 is 34.0 Å². The van der Waals surface area contributed by atoms with Gasteiger partial charge in [-0.3, -0.25) is 9.78 Å². The van der Waals surface area contributed by atoms with Gasteiger partial charge < -0.3 is 15.7 Å². The maximum Gasteiger partial charge on any atom is 0.354 e. The molecule has 7 nitrogen and oxygen atoms in total. The van der Waals surface area contributed by atoms with Crippen LogP contribution in [0.1, 0.15) is 36.3 Å². The molecule has 2 aromatic heterocycles. The molecule has 4 aromatic rings. The summed E-state index contributed by atoms with van der Waals surface area (Å²) in [7, 11) is 0. The Balaban J connectivity index is 1.64. The summed E-state index contributed by atoms with van der Waals surface area (Å²) in [5, 5.41) is 17.7. The molecule has 1 aliphatic rings. The van der Waals surface area contributed by atoms with Gasteiger partial charge in [0, 0.05) is 41.4 Å². The van der Waals surface area contributed by atoms with Gasteiger partial charge in [-0.15, -0.1) is 0 Å². The minimum absolute atomic E-state index is 0.00265. The van der Waals surface area contributed by atoms with E-state index >= 15 is 0 Å². The van der Waals surface area contributed by atoms with Crippen LogP contribution in [0, 0.1) is 0 Å². The highest BCUT2D eigenvalue weighted by molar-refractivity contribution is 6.05. The van der Waals surface area contributed by atoms with Gasteiger partial charge in [0.05, 0.1) is 17.1 Å². The molecule has 0 bridgehead atoms. The number of pyridine rings is 2. The number of rotatable bonds is 4. The molecule has 1 aliphatic heterocycles. The molecule has 0 saturated heterocycles. The van der Waals surface area contributed by atoms with Crippen LogP contribution in [-0.2, 0) is 11.2 Å². The molecule has 0 saturated carbocycles. The first-order valence-corrected chi connectivity index (χ1v) is 11.2. The van der Waals surface area contributed by atoms with Gasteiger partial charge in [-0.2, -0.15) is 0 Å². The number of nitrogens with zero attached hydrogens (tertiary/aromatic N) is 2. The molecule has 0 unspecified atom stereocenters. The lowest BCUT2D eigenvalue weighted by Gasteiger charge is -2.19. The summed E-state index contributed by atoms with van der Waals surface area (Å²) < 4.78 is 0.